The molecule has 1 amide bonds. The number of piperidine rings is 1. The summed E-state index contributed by atoms with van der Waals surface area (Å²) in [5.41, 5.74) is 1.90. The van der Waals surface area contributed by atoms with Gasteiger partial charge in [-0.25, -0.2) is 0 Å². The van der Waals surface area contributed by atoms with Crippen LogP contribution in [0.5, 0.6) is 11.5 Å². The summed E-state index contributed by atoms with van der Waals surface area (Å²) in [4.78, 5) is 15.6. The van der Waals surface area contributed by atoms with E-state index < -0.39 is 37.1 Å². The van der Waals surface area contributed by atoms with Crippen molar-refractivity contribution in [2.75, 3.05) is 20.2 Å². The third-order valence-electron chi connectivity index (χ3n) is 10.0. The van der Waals surface area contributed by atoms with Gasteiger partial charge in [-0.05, 0) is 56.3 Å². The molecule has 10 heteroatoms. The normalized spacial score (nSPS) is 45.1. The molecule has 10 nitrogen and oxygen atoms in total. The number of likely N-dealkylation sites (tertiary alicyclic amines) is 1. The largest absolute Gasteiger partial charge is 0.504 e. The number of aromatic hydroxyl groups is 1. The van der Waals surface area contributed by atoms with Gasteiger partial charge in [-0.1, -0.05) is 13.0 Å². The molecule has 6 rings (SSSR count). The van der Waals surface area contributed by atoms with E-state index in [4.69, 9.17) is 9.47 Å². The van der Waals surface area contributed by atoms with Crippen molar-refractivity contribution in [3.8, 4) is 11.5 Å². The van der Waals surface area contributed by atoms with Crippen molar-refractivity contribution >= 4 is 5.91 Å². The maximum absolute atomic E-state index is 13.2. The Morgan fingerprint density at radius 3 is 2.67 bits per heavy atom. The number of likely N-dealkylation sites (N-methyl/N-ethyl adjacent to an activating group) is 1. The van der Waals surface area contributed by atoms with Crippen molar-refractivity contribution in [1.29, 1.82) is 0 Å². The van der Waals surface area contributed by atoms with Gasteiger partial charge >= 0.3 is 0 Å². The number of phenolic OH excluding ortho intramolecular Hbond substituents is 1. The van der Waals surface area contributed by atoms with Gasteiger partial charge in [0.1, 0.15) is 30.5 Å². The molecule has 36 heavy (non-hydrogen) atoms. The van der Waals surface area contributed by atoms with Crippen molar-refractivity contribution in [3.63, 3.8) is 0 Å². The van der Waals surface area contributed by atoms with Gasteiger partial charge < -0.3 is 45.2 Å². The highest BCUT2D eigenvalue weighted by atomic mass is 16.5. The molecule has 0 radical (unpaired) electrons. The Balaban J connectivity index is 1.28. The third kappa shape index (κ3) is 3.09. The number of nitrogens with zero attached hydrogens (tertiary/aromatic N) is 1. The highest BCUT2D eigenvalue weighted by Gasteiger charge is 2.71. The van der Waals surface area contributed by atoms with Gasteiger partial charge in [0.05, 0.1) is 25.2 Å². The third-order valence-corrected chi connectivity index (χ3v) is 10.0. The Hall–Kier alpha value is -1.95. The molecule has 198 valence electrons. The van der Waals surface area contributed by atoms with Crippen LogP contribution < -0.4 is 10.1 Å². The molecule has 2 saturated heterocycles. The van der Waals surface area contributed by atoms with Crippen molar-refractivity contribution in [3.05, 3.63) is 23.3 Å². The first-order valence-corrected chi connectivity index (χ1v) is 12.9. The predicted octanol–water partition coefficient (Wildman–Crippen LogP) is -0.831. The van der Waals surface area contributed by atoms with Crippen molar-refractivity contribution in [2.45, 2.75) is 93.2 Å². The summed E-state index contributed by atoms with van der Waals surface area (Å²) in [6, 6.07) is 3.74. The standard InChI is InChI=1S/C26H36N2O8/c1-25-6-5-13(27-18(31)10-15-20(32)22(34)21(33)16(11-29)35-15)24-26(25)7-8-28(2)17(25)9-12-3-4-14(30)23(36-24)19(12)26/h3-4,13,15-17,20-22,24,29-30,32-34H,5-11H2,1-2H3,(H,27,31)/t13?,15?,16?,17?,20?,21?,22?,24?,25-,26-/m0/s1. The minimum atomic E-state index is -1.52. The van der Waals surface area contributed by atoms with Crippen LogP contribution in [0.1, 0.15) is 43.7 Å². The fourth-order valence-electron chi connectivity index (χ4n) is 8.17. The summed E-state index contributed by atoms with van der Waals surface area (Å²) in [5, 5.41) is 53.8. The Kier molecular flexibility index (Phi) is 5.61. The van der Waals surface area contributed by atoms with Crippen LogP contribution in [-0.4, -0.2) is 105 Å². The zero-order chi connectivity index (χ0) is 25.6. The molecule has 3 aliphatic heterocycles. The minimum absolute atomic E-state index is 0.0742. The van der Waals surface area contributed by atoms with Crippen LogP contribution in [0.2, 0.25) is 0 Å². The van der Waals surface area contributed by atoms with Gasteiger partial charge in [-0.15, -0.1) is 0 Å². The zero-order valence-corrected chi connectivity index (χ0v) is 20.6. The lowest BCUT2D eigenvalue weighted by atomic mass is 9.43. The van der Waals surface area contributed by atoms with Crippen LogP contribution in [0.3, 0.4) is 0 Å². The molecule has 5 aliphatic rings. The van der Waals surface area contributed by atoms with Crippen LogP contribution in [0, 0.1) is 5.41 Å². The molecule has 3 fully saturated rings. The molecule has 6 N–H and O–H groups in total. The molecule has 2 aliphatic carbocycles. The number of benzene rings is 1. The highest BCUT2D eigenvalue weighted by molar-refractivity contribution is 5.77. The monoisotopic (exact) mass is 504 g/mol. The van der Waals surface area contributed by atoms with E-state index in [0.717, 1.165) is 31.4 Å². The number of nitrogens with one attached hydrogen (secondary N) is 1. The van der Waals surface area contributed by atoms with Crippen molar-refractivity contribution in [2.24, 2.45) is 5.41 Å². The number of ether oxygens (including phenoxy) is 2. The number of carbonyl (C=O) groups is 1. The summed E-state index contributed by atoms with van der Waals surface area (Å²) in [6.45, 7) is 2.69. The lowest BCUT2D eigenvalue weighted by Crippen LogP contribution is -2.73. The average Bonchev–Trinajstić information content (AvgIpc) is 3.21. The maximum Gasteiger partial charge on any atom is 0.223 e. The summed E-state index contributed by atoms with van der Waals surface area (Å²) >= 11 is 0. The van der Waals surface area contributed by atoms with E-state index in [1.165, 1.54) is 5.56 Å². The van der Waals surface area contributed by atoms with E-state index in [1.807, 2.05) is 6.07 Å². The molecule has 0 aromatic heterocycles. The number of carbonyl (C=O) groups excluding carboxylic acids is 1. The van der Waals surface area contributed by atoms with Crippen LogP contribution in [0.4, 0.5) is 0 Å². The van der Waals surface area contributed by atoms with Gasteiger partial charge in [-0.3, -0.25) is 4.79 Å². The molecule has 10 atom stereocenters. The quantitative estimate of drug-likeness (QED) is 0.309. The first-order chi connectivity index (χ1) is 17.1. The van der Waals surface area contributed by atoms with Gasteiger partial charge in [0.25, 0.3) is 0 Å². The molecule has 1 spiro atoms. The number of aliphatic hydroxyl groups excluding tert-OH is 4. The van der Waals surface area contributed by atoms with E-state index in [-0.39, 0.29) is 41.1 Å². The smallest absolute Gasteiger partial charge is 0.223 e. The summed E-state index contributed by atoms with van der Waals surface area (Å²) in [7, 11) is 2.17. The number of phenols is 1. The minimum Gasteiger partial charge on any atom is -0.504 e. The molecule has 1 aromatic rings. The SMILES string of the molecule is CN1CC[C@]23c4c5ccc(O)c4OC2C(NC(=O)CC2OC(CO)C(O)C(O)C2O)CC[C@@]3(C)C1C5. The molecular formula is C26H36N2O8. The topological polar surface area (TPSA) is 152 Å². The van der Waals surface area contributed by atoms with Crippen molar-refractivity contribution in [1.82, 2.24) is 10.2 Å². The zero-order valence-electron chi connectivity index (χ0n) is 20.6. The van der Waals surface area contributed by atoms with Crippen LogP contribution in [0.25, 0.3) is 0 Å². The summed E-state index contributed by atoms with van der Waals surface area (Å²) in [6.07, 6.45) is -3.76. The van der Waals surface area contributed by atoms with E-state index >= 15 is 0 Å². The average molecular weight is 505 g/mol. The Labute approximate surface area is 209 Å². The number of aliphatic hydroxyl groups is 4. The van der Waals surface area contributed by atoms with Crippen LogP contribution in [0.15, 0.2) is 12.1 Å². The van der Waals surface area contributed by atoms with Crippen molar-refractivity contribution < 1.29 is 39.8 Å². The number of rotatable bonds is 4. The fourth-order valence-corrected chi connectivity index (χ4v) is 8.17. The number of hydrogen-bond acceptors (Lipinski definition) is 9. The van der Waals surface area contributed by atoms with Gasteiger partial charge in [0, 0.05) is 17.0 Å². The lowest BCUT2D eigenvalue weighted by Gasteiger charge is -2.65. The lowest BCUT2D eigenvalue weighted by molar-refractivity contribution is -0.229. The maximum atomic E-state index is 13.2. The van der Waals surface area contributed by atoms with E-state index in [2.05, 4.69) is 24.2 Å². The molecule has 3 heterocycles. The molecule has 8 unspecified atom stereocenters. The van der Waals surface area contributed by atoms with E-state index in [1.54, 1.807) is 6.07 Å². The van der Waals surface area contributed by atoms with Crippen LogP contribution >= 0.6 is 0 Å². The van der Waals surface area contributed by atoms with Gasteiger partial charge in [0.15, 0.2) is 11.5 Å². The Morgan fingerprint density at radius 2 is 1.92 bits per heavy atom. The predicted molar refractivity (Wildman–Crippen MR) is 127 cm³/mol. The first-order valence-electron chi connectivity index (χ1n) is 12.9. The first kappa shape index (κ1) is 24.4. The summed E-state index contributed by atoms with van der Waals surface area (Å²) < 4.78 is 12.1. The molecule has 2 bridgehead atoms. The van der Waals surface area contributed by atoms with Gasteiger partial charge in [0.2, 0.25) is 5.91 Å². The Bertz CT molecular complexity index is 1070. The van der Waals surface area contributed by atoms with Gasteiger partial charge in [-0.2, -0.15) is 0 Å². The number of hydrogen-bond donors (Lipinski definition) is 6. The second-order valence-corrected chi connectivity index (χ2v) is 11.6. The summed E-state index contributed by atoms with van der Waals surface area (Å²) in [5.74, 6) is 0.305. The second kappa shape index (κ2) is 8.28. The van der Waals surface area contributed by atoms with Crippen LogP contribution in [-0.2, 0) is 21.4 Å². The molecular weight excluding hydrogens is 468 g/mol. The number of amides is 1. The molecule has 1 saturated carbocycles. The second-order valence-electron chi connectivity index (χ2n) is 11.6. The van der Waals surface area contributed by atoms with E-state index in [0.29, 0.717) is 18.2 Å². The van der Waals surface area contributed by atoms with E-state index in [9.17, 15) is 30.3 Å². The molecule has 1 aromatic carbocycles. The fraction of sp³-hybridized carbons (Fsp3) is 0.731. The highest BCUT2D eigenvalue weighted by Crippen LogP contribution is 2.68. The Morgan fingerprint density at radius 1 is 1.17 bits per heavy atom.